The van der Waals surface area contributed by atoms with Gasteiger partial charge in [-0.1, -0.05) is 0 Å². The Hall–Kier alpha value is -0.960. The number of aliphatic hydroxyl groups is 1. The normalized spacial score (nSPS) is 32.7. The van der Waals surface area contributed by atoms with Crippen molar-refractivity contribution in [3.63, 3.8) is 0 Å². The van der Waals surface area contributed by atoms with E-state index in [1.165, 1.54) is 18.8 Å². The van der Waals surface area contributed by atoms with Crippen molar-refractivity contribution in [3.8, 4) is 0 Å². The molecule has 1 N–H and O–H groups in total. The first-order valence-electron chi connectivity index (χ1n) is 2.67. The lowest BCUT2D eigenvalue weighted by Crippen LogP contribution is -2.21. The monoisotopic (exact) mass is 124 g/mol. The van der Waals surface area contributed by atoms with Gasteiger partial charge in [-0.15, -0.1) is 0 Å². The van der Waals surface area contributed by atoms with E-state index < -0.39 is 5.60 Å². The van der Waals surface area contributed by atoms with E-state index >= 15 is 0 Å². The average Bonchev–Trinajstić information content (AvgIpc) is 1.92. The lowest BCUT2D eigenvalue weighted by atomic mass is 10.1. The van der Waals surface area contributed by atoms with Gasteiger partial charge in [0.15, 0.2) is 0 Å². The third kappa shape index (κ3) is 1.77. The minimum atomic E-state index is -0.934. The Morgan fingerprint density at radius 1 is 1.44 bits per heavy atom. The molecule has 1 atom stereocenters. The molecular formula is C6H8N2O. The zero-order chi connectivity index (χ0) is 6.74. The quantitative estimate of drug-likeness (QED) is 0.498. The molecule has 0 fully saturated rings. The summed E-state index contributed by atoms with van der Waals surface area (Å²) in [4.78, 5) is 7.40. The van der Waals surface area contributed by atoms with E-state index in [1.54, 1.807) is 13.0 Å². The zero-order valence-corrected chi connectivity index (χ0v) is 5.15. The average molecular weight is 124 g/mol. The maximum absolute atomic E-state index is 9.24. The summed E-state index contributed by atoms with van der Waals surface area (Å²) in [5.41, 5.74) is -0.934. The van der Waals surface area contributed by atoms with Crippen LogP contribution in [-0.4, -0.2) is 23.3 Å². The second-order valence-electron chi connectivity index (χ2n) is 2.08. The van der Waals surface area contributed by atoms with Gasteiger partial charge in [-0.25, -0.2) is 9.98 Å². The first-order chi connectivity index (χ1) is 4.21. The van der Waals surface area contributed by atoms with E-state index in [0.717, 1.165) is 0 Å². The van der Waals surface area contributed by atoms with Crippen molar-refractivity contribution in [2.75, 3.05) is 0 Å². The SMILES string of the molecule is CC1(O)C=CN=CN=C1. The van der Waals surface area contributed by atoms with Crippen LogP contribution >= 0.6 is 0 Å². The molecule has 0 bridgehead atoms. The largest absolute Gasteiger partial charge is 0.380 e. The van der Waals surface area contributed by atoms with Crippen molar-refractivity contribution in [1.82, 2.24) is 0 Å². The van der Waals surface area contributed by atoms with Crippen LogP contribution in [0, 0.1) is 0 Å². The Bertz CT molecular complexity index is 161. The molecule has 1 aliphatic rings. The molecule has 0 aromatic rings. The molecule has 0 saturated carbocycles. The minimum Gasteiger partial charge on any atom is -0.380 e. The van der Waals surface area contributed by atoms with Gasteiger partial charge in [0.1, 0.15) is 11.9 Å². The molecule has 1 rings (SSSR count). The summed E-state index contributed by atoms with van der Waals surface area (Å²) in [6, 6.07) is 0. The van der Waals surface area contributed by atoms with Gasteiger partial charge in [0.2, 0.25) is 0 Å². The molecular weight excluding hydrogens is 116 g/mol. The molecule has 9 heavy (non-hydrogen) atoms. The highest BCUT2D eigenvalue weighted by Crippen LogP contribution is 2.02. The first-order valence-corrected chi connectivity index (χ1v) is 2.67. The molecule has 1 heterocycles. The van der Waals surface area contributed by atoms with E-state index in [0.29, 0.717) is 0 Å². The van der Waals surface area contributed by atoms with Crippen molar-refractivity contribution in [3.05, 3.63) is 12.3 Å². The number of hydrogen-bond acceptors (Lipinski definition) is 3. The Balaban J connectivity index is 2.82. The van der Waals surface area contributed by atoms with Gasteiger partial charge in [0.05, 0.1) is 0 Å². The van der Waals surface area contributed by atoms with Gasteiger partial charge in [-0.05, 0) is 13.0 Å². The third-order valence-electron chi connectivity index (χ3n) is 0.967. The molecule has 3 nitrogen and oxygen atoms in total. The summed E-state index contributed by atoms with van der Waals surface area (Å²) >= 11 is 0. The lowest BCUT2D eigenvalue weighted by molar-refractivity contribution is 0.190. The van der Waals surface area contributed by atoms with Crippen molar-refractivity contribution >= 4 is 12.6 Å². The van der Waals surface area contributed by atoms with Crippen LogP contribution in [0.25, 0.3) is 0 Å². The zero-order valence-electron chi connectivity index (χ0n) is 5.15. The van der Waals surface area contributed by atoms with E-state index in [4.69, 9.17) is 0 Å². The van der Waals surface area contributed by atoms with Gasteiger partial charge in [-0.2, -0.15) is 0 Å². The fraction of sp³-hybridized carbons (Fsp3) is 0.333. The smallest absolute Gasteiger partial charge is 0.117 e. The molecule has 0 aromatic carbocycles. The standard InChI is InChI=1S/C6H8N2O/c1-6(9)2-3-7-5-8-4-6/h2-5,9H,1H3. The summed E-state index contributed by atoms with van der Waals surface area (Å²) < 4.78 is 0. The molecule has 48 valence electrons. The first kappa shape index (κ1) is 6.16. The van der Waals surface area contributed by atoms with Crippen LogP contribution in [0.3, 0.4) is 0 Å². The van der Waals surface area contributed by atoms with Crippen LogP contribution in [-0.2, 0) is 0 Å². The number of hydrogen-bond donors (Lipinski definition) is 1. The summed E-state index contributed by atoms with van der Waals surface area (Å²) in [5, 5.41) is 9.24. The topological polar surface area (TPSA) is 45.0 Å². The van der Waals surface area contributed by atoms with E-state index in [1.807, 2.05) is 0 Å². The molecule has 1 unspecified atom stereocenters. The molecule has 0 amide bonds. The molecule has 0 radical (unpaired) electrons. The van der Waals surface area contributed by atoms with Gasteiger partial charge >= 0.3 is 0 Å². The van der Waals surface area contributed by atoms with Gasteiger partial charge in [-0.3, -0.25) is 0 Å². The van der Waals surface area contributed by atoms with Crippen LogP contribution < -0.4 is 0 Å². The second-order valence-corrected chi connectivity index (χ2v) is 2.08. The van der Waals surface area contributed by atoms with Gasteiger partial charge < -0.3 is 5.11 Å². The fourth-order valence-electron chi connectivity index (χ4n) is 0.498. The van der Waals surface area contributed by atoms with Crippen molar-refractivity contribution in [2.24, 2.45) is 9.98 Å². The minimum absolute atomic E-state index is 0.934. The van der Waals surface area contributed by atoms with Crippen LogP contribution in [0.2, 0.25) is 0 Å². The molecule has 0 saturated heterocycles. The third-order valence-corrected chi connectivity index (χ3v) is 0.967. The molecule has 0 aliphatic carbocycles. The number of rotatable bonds is 0. The molecule has 3 heteroatoms. The van der Waals surface area contributed by atoms with Crippen LogP contribution in [0.15, 0.2) is 22.3 Å². The summed E-state index contributed by atoms with van der Waals surface area (Å²) in [5.74, 6) is 0. The van der Waals surface area contributed by atoms with Gasteiger partial charge in [0.25, 0.3) is 0 Å². The Morgan fingerprint density at radius 3 is 3.00 bits per heavy atom. The number of nitrogens with zero attached hydrogens (tertiary/aromatic N) is 2. The fourth-order valence-corrected chi connectivity index (χ4v) is 0.498. The highest BCUT2D eigenvalue weighted by Gasteiger charge is 2.11. The molecule has 1 aliphatic heterocycles. The number of aliphatic imine (C=N–C) groups is 2. The summed E-state index contributed by atoms with van der Waals surface area (Å²) in [6.07, 6.45) is 5.91. The lowest BCUT2D eigenvalue weighted by Gasteiger charge is -2.08. The van der Waals surface area contributed by atoms with Crippen LogP contribution in [0.4, 0.5) is 0 Å². The van der Waals surface area contributed by atoms with E-state index in [2.05, 4.69) is 9.98 Å². The maximum atomic E-state index is 9.24. The Labute approximate surface area is 53.5 Å². The predicted octanol–water partition coefficient (Wildman–Crippen LogP) is 0.364. The predicted molar refractivity (Wildman–Crippen MR) is 36.7 cm³/mol. The highest BCUT2D eigenvalue weighted by atomic mass is 16.3. The maximum Gasteiger partial charge on any atom is 0.117 e. The second kappa shape index (κ2) is 2.11. The van der Waals surface area contributed by atoms with E-state index in [9.17, 15) is 5.11 Å². The van der Waals surface area contributed by atoms with Gasteiger partial charge in [0, 0.05) is 12.4 Å². The Kier molecular flexibility index (Phi) is 1.44. The molecule has 0 spiro atoms. The van der Waals surface area contributed by atoms with Crippen molar-refractivity contribution < 1.29 is 5.11 Å². The summed E-state index contributed by atoms with van der Waals surface area (Å²) in [7, 11) is 0. The Morgan fingerprint density at radius 2 is 2.22 bits per heavy atom. The van der Waals surface area contributed by atoms with Crippen LogP contribution in [0.5, 0.6) is 0 Å². The summed E-state index contributed by atoms with van der Waals surface area (Å²) in [6.45, 7) is 1.64. The van der Waals surface area contributed by atoms with Crippen molar-refractivity contribution in [2.45, 2.75) is 12.5 Å². The highest BCUT2D eigenvalue weighted by molar-refractivity contribution is 5.80. The van der Waals surface area contributed by atoms with Crippen molar-refractivity contribution in [1.29, 1.82) is 0 Å². The van der Waals surface area contributed by atoms with E-state index in [-0.39, 0.29) is 0 Å². The molecule has 0 aromatic heterocycles. The van der Waals surface area contributed by atoms with Crippen LogP contribution in [0.1, 0.15) is 6.92 Å².